The van der Waals surface area contributed by atoms with Gasteiger partial charge in [-0.05, 0) is 38.8 Å². The lowest BCUT2D eigenvalue weighted by molar-refractivity contribution is -0.288. The van der Waals surface area contributed by atoms with Crippen LogP contribution in [0, 0.1) is 0 Å². The van der Waals surface area contributed by atoms with Crippen LogP contribution in [0.1, 0.15) is 37.0 Å². The molecule has 0 bridgehead atoms. The molecule has 1 saturated carbocycles. The molecular weight excluding hydrogens is 312 g/mol. The van der Waals surface area contributed by atoms with Crippen molar-refractivity contribution in [1.82, 2.24) is 0 Å². The predicted molar refractivity (Wildman–Crippen MR) is 83.3 cm³/mol. The summed E-state index contributed by atoms with van der Waals surface area (Å²) in [4.78, 5) is 12.4. The van der Waals surface area contributed by atoms with E-state index in [-0.39, 0.29) is 24.3 Å². The maximum atomic E-state index is 12.4. The molecule has 2 heterocycles. The highest BCUT2D eigenvalue weighted by molar-refractivity contribution is 5.89. The van der Waals surface area contributed by atoms with Crippen molar-refractivity contribution in [1.29, 1.82) is 0 Å². The van der Waals surface area contributed by atoms with E-state index in [0.29, 0.717) is 5.56 Å². The molecule has 4 rings (SSSR count). The highest BCUT2D eigenvalue weighted by Gasteiger charge is 2.70. The van der Waals surface area contributed by atoms with Crippen LogP contribution in [0.25, 0.3) is 0 Å². The zero-order valence-corrected chi connectivity index (χ0v) is 14.1. The highest BCUT2D eigenvalue weighted by Crippen LogP contribution is 2.54. The average molecular weight is 334 g/mol. The Kier molecular flexibility index (Phi) is 3.69. The molecule has 0 N–H and O–H groups in total. The summed E-state index contributed by atoms with van der Waals surface area (Å²) in [6.07, 6.45) is -0.0178. The minimum absolute atomic E-state index is 0.306. The summed E-state index contributed by atoms with van der Waals surface area (Å²) in [6.45, 7) is 3.74. The molecule has 3 fully saturated rings. The van der Waals surface area contributed by atoms with E-state index >= 15 is 0 Å². The number of ether oxygens (including phenoxy) is 5. The first-order chi connectivity index (χ1) is 11.5. The fourth-order valence-corrected chi connectivity index (χ4v) is 3.84. The molecule has 1 unspecified atom stereocenters. The van der Waals surface area contributed by atoms with E-state index in [1.165, 1.54) is 0 Å². The summed E-state index contributed by atoms with van der Waals surface area (Å²) < 4.78 is 29.2. The molecule has 1 aliphatic carbocycles. The van der Waals surface area contributed by atoms with E-state index in [1.807, 2.05) is 32.0 Å². The second kappa shape index (κ2) is 5.52. The Morgan fingerprint density at radius 1 is 1.17 bits per heavy atom. The normalized spacial score (nSPS) is 39.5. The maximum absolute atomic E-state index is 12.4. The van der Waals surface area contributed by atoms with Gasteiger partial charge in [-0.3, -0.25) is 0 Å². The summed E-state index contributed by atoms with van der Waals surface area (Å²) >= 11 is 0. The second-order valence-electron chi connectivity index (χ2n) is 7.00. The third-order valence-electron chi connectivity index (χ3n) is 5.05. The number of esters is 1. The summed E-state index contributed by atoms with van der Waals surface area (Å²) in [5.41, 5.74) is -0.162. The fraction of sp³-hybridized carbons (Fsp3) is 0.611. The Morgan fingerprint density at radius 3 is 2.54 bits per heavy atom. The predicted octanol–water partition coefficient (Wildman–Crippen LogP) is 2.27. The Balaban J connectivity index is 1.54. The van der Waals surface area contributed by atoms with E-state index in [2.05, 4.69) is 0 Å². The summed E-state index contributed by atoms with van der Waals surface area (Å²) in [7, 11) is 1.58. The lowest BCUT2D eigenvalue weighted by atomic mass is 9.72. The summed E-state index contributed by atoms with van der Waals surface area (Å²) in [6, 6.07) is 8.96. The van der Waals surface area contributed by atoms with Crippen molar-refractivity contribution < 1.29 is 28.5 Å². The first kappa shape index (κ1) is 16.0. The lowest BCUT2D eigenvalue weighted by Crippen LogP contribution is -2.61. The van der Waals surface area contributed by atoms with Crippen molar-refractivity contribution in [3.63, 3.8) is 0 Å². The number of carbonyl (C=O) groups excluding carboxylic acids is 1. The van der Waals surface area contributed by atoms with Crippen molar-refractivity contribution in [2.45, 2.75) is 62.7 Å². The Hall–Kier alpha value is -1.47. The van der Waals surface area contributed by atoms with Gasteiger partial charge in [0, 0.05) is 7.11 Å². The van der Waals surface area contributed by atoms with Gasteiger partial charge in [0.25, 0.3) is 0 Å². The minimum atomic E-state index is -0.702. The third-order valence-corrected chi connectivity index (χ3v) is 5.05. The quantitative estimate of drug-likeness (QED) is 0.790. The summed E-state index contributed by atoms with van der Waals surface area (Å²) in [5.74, 6) is -1.05. The minimum Gasteiger partial charge on any atom is -0.456 e. The van der Waals surface area contributed by atoms with Gasteiger partial charge < -0.3 is 23.7 Å². The monoisotopic (exact) mass is 334 g/mol. The first-order valence-corrected chi connectivity index (χ1v) is 8.27. The molecule has 6 heteroatoms. The number of hydrogen-bond donors (Lipinski definition) is 0. The molecule has 0 aromatic heterocycles. The van der Waals surface area contributed by atoms with E-state index in [4.69, 9.17) is 23.7 Å². The zero-order chi connectivity index (χ0) is 16.9. The van der Waals surface area contributed by atoms with Crippen LogP contribution in [0.5, 0.6) is 0 Å². The van der Waals surface area contributed by atoms with Gasteiger partial charge in [0.15, 0.2) is 12.1 Å². The molecule has 0 amide bonds. The molecule has 1 spiro atoms. The van der Waals surface area contributed by atoms with Gasteiger partial charge in [-0.1, -0.05) is 18.2 Å². The van der Waals surface area contributed by atoms with Crippen LogP contribution in [0.15, 0.2) is 30.3 Å². The van der Waals surface area contributed by atoms with Gasteiger partial charge in [0.1, 0.15) is 23.9 Å². The second-order valence-corrected chi connectivity index (χ2v) is 7.00. The highest BCUT2D eigenvalue weighted by atomic mass is 16.8. The van der Waals surface area contributed by atoms with Gasteiger partial charge in [-0.25, -0.2) is 4.79 Å². The number of methoxy groups -OCH3 is 1. The van der Waals surface area contributed by atoms with Crippen molar-refractivity contribution in [2.75, 3.05) is 7.11 Å². The maximum Gasteiger partial charge on any atom is 0.338 e. The molecule has 1 aromatic rings. The largest absolute Gasteiger partial charge is 0.456 e. The number of carbonyl (C=O) groups is 1. The molecular formula is C18H22O6. The van der Waals surface area contributed by atoms with Crippen molar-refractivity contribution >= 4 is 5.97 Å². The number of hydrogen-bond acceptors (Lipinski definition) is 6. The average Bonchev–Trinajstić information content (AvgIpc) is 3.04. The van der Waals surface area contributed by atoms with E-state index in [1.54, 1.807) is 19.2 Å². The van der Waals surface area contributed by atoms with Gasteiger partial charge in [-0.15, -0.1) is 0 Å². The molecule has 1 aromatic carbocycles. The third kappa shape index (κ3) is 2.37. The van der Waals surface area contributed by atoms with Gasteiger partial charge >= 0.3 is 5.97 Å². The Labute approximate surface area is 141 Å². The van der Waals surface area contributed by atoms with E-state index in [0.717, 1.165) is 12.8 Å². The van der Waals surface area contributed by atoms with Crippen LogP contribution in [0.2, 0.25) is 0 Å². The van der Waals surface area contributed by atoms with Gasteiger partial charge in [0.2, 0.25) is 0 Å². The molecule has 130 valence electrons. The molecule has 6 nitrogen and oxygen atoms in total. The molecule has 0 radical (unpaired) electrons. The number of benzene rings is 1. The van der Waals surface area contributed by atoms with Crippen LogP contribution < -0.4 is 0 Å². The fourth-order valence-electron chi connectivity index (χ4n) is 3.84. The van der Waals surface area contributed by atoms with Gasteiger partial charge in [-0.2, -0.15) is 0 Å². The molecule has 5 atom stereocenters. The first-order valence-electron chi connectivity index (χ1n) is 8.27. The number of rotatable bonds is 3. The summed E-state index contributed by atoms with van der Waals surface area (Å²) in [5, 5.41) is 0. The zero-order valence-electron chi connectivity index (χ0n) is 14.1. The number of fused-ring (bicyclic) bond motifs is 2. The van der Waals surface area contributed by atoms with Gasteiger partial charge in [0.05, 0.1) is 5.56 Å². The van der Waals surface area contributed by atoms with Crippen LogP contribution in [0.3, 0.4) is 0 Å². The topological polar surface area (TPSA) is 63.2 Å². The standard InChI is InChI=1S/C18H22O6/c1-17(2)22-13-14(23-17)18(24-16(13)20-3)10-9-12(18)21-15(19)11-7-5-4-6-8-11/h4-8,12-14,16H,9-10H2,1-3H3/t12-,13+,14?,16-,18+/m1/s1. The molecule has 3 aliphatic rings. The van der Waals surface area contributed by atoms with Crippen LogP contribution in [0.4, 0.5) is 0 Å². The van der Waals surface area contributed by atoms with E-state index < -0.39 is 17.7 Å². The van der Waals surface area contributed by atoms with Crippen molar-refractivity contribution in [3.05, 3.63) is 35.9 Å². The van der Waals surface area contributed by atoms with Crippen LogP contribution in [-0.2, 0) is 23.7 Å². The Bertz CT molecular complexity index is 630. The van der Waals surface area contributed by atoms with Crippen LogP contribution >= 0.6 is 0 Å². The Morgan fingerprint density at radius 2 is 1.92 bits per heavy atom. The lowest BCUT2D eigenvalue weighted by Gasteiger charge is -2.47. The SMILES string of the molecule is CO[C@@H]1O[C@]2(CC[C@H]2OC(=O)c2ccccc2)C2OC(C)(C)O[C@@H]21. The molecule has 2 saturated heterocycles. The van der Waals surface area contributed by atoms with Crippen molar-refractivity contribution in [2.24, 2.45) is 0 Å². The van der Waals surface area contributed by atoms with Crippen molar-refractivity contribution in [3.8, 4) is 0 Å². The van der Waals surface area contributed by atoms with Crippen LogP contribution in [-0.4, -0.2) is 49.1 Å². The van der Waals surface area contributed by atoms with E-state index in [9.17, 15) is 4.79 Å². The smallest absolute Gasteiger partial charge is 0.338 e. The molecule has 24 heavy (non-hydrogen) atoms. The molecule has 2 aliphatic heterocycles.